The first-order chi connectivity index (χ1) is 9.22. The number of hydrogen-bond donors (Lipinski definition) is 2. The van der Waals surface area contributed by atoms with Crippen LogP contribution < -0.4 is 5.32 Å². The highest BCUT2D eigenvalue weighted by Gasteiger charge is 2.25. The molecule has 1 saturated carbocycles. The largest absolute Gasteiger partial charge is 0.384 e. The first-order valence-electron chi connectivity index (χ1n) is 6.26. The molecule has 2 N–H and O–H groups in total. The van der Waals surface area contributed by atoms with Crippen LogP contribution in [0.25, 0.3) is 0 Å². The second kappa shape index (κ2) is 6.99. The Morgan fingerprint density at radius 2 is 2.42 bits per heavy atom. The standard InChI is InChI=1S/C14H17NO2S2/c1-18-12-5-4-10(9-12)15-14(17)13-7-6-11(19-13)3-2-8-16/h6-7,10,12,16H,4-5,8-9H2,1H3,(H,15,17). The van der Waals surface area contributed by atoms with Crippen molar-refractivity contribution < 1.29 is 9.90 Å². The molecular formula is C14H17NO2S2. The van der Waals surface area contributed by atoms with Crippen LogP contribution in [0.4, 0.5) is 0 Å². The maximum absolute atomic E-state index is 12.1. The molecule has 5 heteroatoms. The second-order valence-electron chi connectivity index (χ2n) is 4.46. The Balaban J connectivity index is 1.91. The Labute approximate surface area is 121 Å². The van der Waals surface area contributed by atoms with Gasteiger partial charge >= 0.3 is 0 Å². The first-order valence-corrected chi connectivity index (χ1v) is 8.36. The molecule has 2 rings (SSSR count). The molecule has 1 aromatic rings. The molecule has 1 aromatic heterocycles. The monoisotopic (exact) mass is 295 g/mol. The van der Waals surface area contributed by atoms with E-state index in [1.807, 2.05) is 17.8 Å². The average Bonchev–Trinajstić information content (AvgIpc) is 3.04. The van der Waals surface area contributed by atoms with E-state index >= 15 is 0 Å². The zero-order valence-corrected chi connectivity index (χ0v) is 12.4. The molecule has 0 bridgehead atoms. The van der Waals surface area contributed by atoms with Crippen LogP contribution in [-0.4, -0.2) is 35.2 Å². The lowest BCUT2D eigenvalue weighted by atomic mass is 10.2. The molecule has 0 aliphatic heterocycles. The minimum absolute atomic E-state index is 0.00574. The Kier molecular flexibility index (Phi) is 5.32. The number of hydrogen-bond acceptors (Lipinski definition) is 4. The zero-order valence-electron chi connectivity index (χ0n) is 10.8. The van der Waals surface area contributed by atoms with Gasteiger partial charge in [0.2, 0.25) is 0 Å². The van der Waals surface area contributed by atoms with Crippen molar-refractivity contribution in [2.24, 2.45) is 0 Å². The third-order valence-corrected chi connectivity index (χ3v) is 5.27. The fourth-order valence-corrected chi connectivity index (χ4v) is 3.78. The van der Waals surface area contributed by atoms with Crippen LogP contribution in [0.5, 0.6) is 0 Å². The van der Waals surface area contributed by atoms with Gasteiger partial charge in [-0.25, -0.2) is 0 Å². The number of carbonyl (C=O) groups excluding carboxylic acids is 1. The van der Waals surface area contributed by atoms with Crippen LogP contribution >= 0.6 is 23.1 Å². The van der Waals surface area contributed by atoms with Crippen LogP contribution in [-0.2, 0) is 0 Å². The summed E-state index contributed by atoms with van der Waals surface area (Å²) in [6, 6.07) is 3.92. The van der Waals surface area contributed by atoms with Gasteiger partial charge in [0.05, 0.1) is 9.75 Å². The zero-order chi connectivity index (χ0) is 13.7. The van der Waals surface area contributed by atoms with Crippen molar-refractivity contribution in [3.05, 3.63) is 21.9 Å². The predicted octanol–water partition coefficient (Wildman–Crippen LogP) is 2.11. The summed E-state index contributed by atoms with van der Waals surface area (Å²) in [4.78, 5) is 13.6. The van der Waals surface area contributed by atoms with Gasteiger partial charge in [0.15, 0.2) is 0 Å². The highest BCUT2D eigenvalue weighted by Crippen LogP contribution is 2.28. The van der Waals surface area contributed by atoms with Gasteiger partial charge in [-0.2, -0.15) is 11.8 Å². The number of rotatable bonds is 3. The summed E-state index contributed by atoms with van der Waals surface area (Å²) in [6.45, 7) is -0.155. The van der Waals surface area contributed by atoms with E-state index in [0.717, 1.165) is 17.7 Å². The highest BCUT2D eigenvalue weighted by atomic mass is 32.2. The molecule has 0 aromatic carbocycles. The summed E-state index contributed by atoms with van der Waals surface area (Å²) < 4.78 is 0. The number of carbonyl (C=O) groups is 1. The molecule has 2 atom stereocenters. The number of nitrogens with one attached hydrogen (secondary N) is 1. The van der Waals surface area contributed by atoms with Crippen molar-refractivity contribution in [1.82, 2.24) is 5.32 Å². The van der Waals surface area contributed by atoms with Gasteiger partial charge in [0.25, 0.3) is 5.91 Å². The van der Waals surface area contributed by atoms with Crippen LogP contribution in [0.2, 0.25) is 0 Å². The first kappa shape index (κ1) is 14.4. The van der Waals surface area contributed by atoms with Gasteiger partial charge in [-0.3, -0.25) is 4.79 Å². The molecule has 102 valence electrons. The van der Waals surface area contributed by atoms with Crippen molar-refractivity contribution in [2.75, 3.05) is 12.9 Å². The number of aliphatic hydroxyl groups is 1. The van der Waals surface area contributed by atoms with Crippen molar-refractivity contribution >= 4 is 29.0 Å². The fraction of sp³-hybridized carbons (Fsp3) is 0.500. The number of thioether (sulfide) groups is 1. The van der Waals surface area contributed by atoms with E-state index in [1.54, 1.807) is 6.07 Å². The molecule has 1 aliphatic carbocycles. The van der Waals surface area contributed by atoms with E-state index < -0.39 is 0 Å². The smallest absolute Gasteiger partial charge is 0.261 e. The van der Waals surface area contributed by atoms with E-state index in [9.17, 15) is 4.79 Å². The lowest BCUT2D eigenvalue weighted by molar-refractivity contribution is 0.0942. The summed E-state index contributed by atoms with van der Waals surface area (Å²) in [7, 11) is 0. The summed E-state index contributed by atoms with van der Waals surface area (Å²) in [5.41, 5.74) is 0. The summed E-state index contributed by atoms with van der Waals surface area (Å²) >= 11 is 3.25. The summed E-state index contributed by atoms with van der Waals surface area (Å²) in [5, 5.41) is 12.4. The Morgan fingerprint density at radius 3 is 3.11 bits per heavy atom. The molecule has 0 radical (unpaired) electrons. The lowest BCUT2D eigenvalue weighted by Gasteiger charge is -2.11. The van der Waals surface area contributed by atoms with E-state index in [0.29, 0.717) is 16.2 Å². The minimum Gasteiger partial charge on any atom is -0.384 e. The quantitative estimate of drug-likeness (QED) is 0.840. The fourth-order valence-electron chi connectivity index (χ4n) is 2.20. The van der Waals surface area contributed by atoms with E-state index in [-0.39, 0.29) is 12.5 Å². The predicted molar refractivity (Wildman–Crippen MR) is 80.7 cm³/mol. The molecule has 2 unspecified atom stereocenters. The second-order valence-corrected chi connectivity index (χ2v) is 6.69. The molecule has 3 nitrogen and oxygen atoms in total. The van der Waals surface area contributed by atoms with E-state index in [2.05, 4.69) is 23.4 Å². The number of amides is 1. The minimum atomic E-state index is -0.155. The molecule has 19 heavy (non-hydrogen) atoms. The molecule has 1 fully saturated rings. The van der Waals surface area contributed by atoms with Gasteiger partial charge in [0, 0.05) is 11.3 Å². The van der Waals surface area contributed by atoms with E-state index in [4.69, 9.17) is 5.11 Å². The third kappa shape index (κ3) is 4.00. The normalized spacial score (nSPS) is 21.8. The van der Waals surface area contributed by atoms with Crippen LogP contribution in [0, 0.1) is 11.8 Å². The molecule has 1 aliphatic rings. The van der Waals surface area contributed by atoms with Gasteiger partial charge in [0.1, 0.15) is 6.61 Å². The van der Waals surface area contributed by atoms with Crippen molar-refractivity contribution in [2.45, 2.75) is 30.6 Å². The lowest BCUT2D eigenvalue weighted by Crippen LogP contribution is -2.32. The van der Waals surface area contributed by atoms with Crippen LogP contribution in [0.1, 0.15) is 33.8 Å². The van der Waals surface area contributed by atoms with Crippen LogP contribution in [0.15, 0.2) is 12.1 Å². The van der Waals surface area contributed by atoms with Gasteiger partial charge in [-0.05, 0) is 37.7 Å². The van der Waals surface area contributed by atoms with Crippen molar-refractivity contribution in [3.8, 4) is 11.8 Å². The number of aliphatic hydroxyl groups excluding tert-OH is 1. The number of thiophene rings is 1. The summed E-state index contributed by atoms with van der Waals surface area (Å²) in [6.07, 6.45) is 5.44. The van der Waals surface area contributed by atoms with Crippen molar-refractivity contribution in [1.29, 1.82) is 0 Å². The van der Waals surface area contributed by atoms with Crippen molar-refractivity contribution in [3.63, 3.8) is 0 Å². The van der Waals surface area contributed by atoms with Crippen LogP contribution in [0.3, 0.4) is 0 Å². The van der Waals surface area contributed by atoms with Gasteiger partial charge in [-0.15, -0.1) is 11.3 Å². The van der Waals surface area contributed by atoms with E-state index in [1.165, 1.54) is 17.8 Å². The molecule has 1 heterocycles. The Morgan fingerprint density at radius 1 is 1.58 bits per heavy atom. The SMILES string of the molecule is CSC1CCC(NC(=O)c2ccc(C#CCO)s2)C1. The topological polar surface area (TPSA) is 49.3 Å². The summed E-state index contributed by atoms with van der Waals surface area (Å²) in [5.74, 6) is 5.39. The molecule has 0 saturated heterocycles. The Hall–Kier alpha value is -0.960. The maximum atomic E-state index is 12.1. The Bertz CT molecular complexity index is 501. The molecule has 0 spiro atoms. The highest BCUT2D eigenvalue weighted by molar-refractivity contribution is 7.99. The van der Waals surface area contributed by atoms with Gasteiger partial charge < -0.3 is 10.4 Å². The third-order valence-electron chi connectivity index (χ3n) is 3.17. The molecular weight excluding hydrogens is 278 g/mol. The average molecular weight is 295 g/mol. The maximum Gasteiger partial charge on any atom is 0.261 e. The van der Waals surface area contributed by atoms with Gasteiger partial charge in [-0.1, -0.05) is 11.8 Å². The molecule has 1 amide bonds.